The van der Waals surface area contributed by atoms with Crippen LogP contribution in [0.4, 0.5) is 5.82 Å². The molecule has 1 aromatic carbocycles. The fourth-order valence-electron chi connectivity index (χ4n) is 3.77. The molecule has 4 heterocycles. The number of aromatic nitrogens is 2. The summed E-state index contributed by atoms with van der Waals surface area (Å²) in [7, 11) is 0. The Morgan fingerprint density at radius 1 is 1.00 bits per heavy atom. The Bertz CT molecular complexity index is 1190. The molecule has 1 amide bonds. The largest absolute Gasteiger partial charge is 0.353 e. The number of benzene rings is 1. The van der Waals surface area contributed by atoms with Crippen molar-refractivity contribution >= 4 is 45.6 Å². The van der Waals surface area contributed by atoms with Crippen LogP contribution in [0.5, 0.6) is 0 Å². The zero-order valence-corrected chi connectivity index (χ0v) is 17.7. The molecule has 0 radical (unpaired) electrons. The second-order valence-electron chi connectivity index (χ2n) is 7.16. The Hall–Kier alpha value is -2.96. The van der Waals surface area contributed by atoms with Crippen LogP contribution in [-0.4, -0.2) is 47.0 Å². The Morgan fingerprint density at radius 2 is 1.83 bits per heavy atom. The van der Waals surface area contributed by atoms with Gasteiger partial charge in [-0.25, -0.2) is 9.97 Å². The number of para-hydroxylation sites is 1. The highest BCUT2D eigenvalue weighted by molar-refractivity contribution is 7.13. The number of nitrogens with zero attached hydrogens (tertiary/aromatic N) is 4. The van der Waals surface area contributed by atoms with Crippen molar-refractivity contribution in [1.82, 2.24) is 14.9 Å². The molecule has 0 saturated carbocycles. The fourth-order valence-corrected chi connectivity index (χ4v) is 4.56. The van der Waals surface area contributed by atoms with Crippen molar-refractivity contribution in [2.45, 2.75) is 0 Å². The number of anilines is 1. The minimum absolute atomic E-state index is 0.0510. The van der Waals surface area contributed by atoms with E-state index in [0.717, 1.165) is 40.4 Å². The van der Waals surface area contributed by atoms with Crippen molar-refractivity contribution in [3.8, 4) is 10.6 Å². The summed E-state index contributed by atoms with van der Waals surface area (Å²) >= 11 is 7.57. The smallest absolute Gasteiger partial charge is 0.254 e. The van der Waals surface area contributed by atoms with Gasteiger partial charge < -0.3 is 9.80 Å². The first-order valence-electron chi connectivity index (χ1n) is 9.78. The third-order valence-electron chi connectivity index (χ3n) is 5.32. The zero-order chi connectivity index (χ0) is 20.5. The number of carbonyl (C=O) groups excluding carboxylic acids is 1. The predicted molar refractivity (Wildman–Crippen MR) is 122 cm³/mol. The van der Waals surface area contributed by atoms with Crippen LogP contribution in [-0.2, 0) is 0 Å². The number of hydrogen-bond donors (Lipinski definition) is 0. The molecule has 0 spiro atoms. The number of rotatable bonds is 3. The lowest BCUT2D eigenvalue weighted by atomic mass is 10.1. The Kier molecular flexibility index (Phi) is 5.11. The zero-order valence-electron chi connectivity index (χ0n) is 16.2. The molecule has 5 rings (SSSR count). The van der Waals surface area contributed by atoms with Gasteiger partial charge >= 0.3 is 0 Å². The van der Waals surface area contributed by atoms with E-state index in [9.17, 15) is 4.79 Å². The average molecular weight is 435 g/mol. The lowest BCUT2D eigenvalue weighted by Crippen LogP contribution is -2.49. The van der Waals surface area contributed by atoms with Crippen molar-refractivity contribution in [3.05, 3.63) is 76.8 Å². The van der Waals surface area contributed by atoms with Crippen LogP contribution >= 0.6 is 22.9 Å². The van der Waals surface area contributed by atoms with Crippen LogP contribution in [0.3, 0.4) is 0 Å². The Morgan fingerprint density at radius 3 is 2.57 bits per heavy atom. The summed E-state index contributed by atoms with van der Waals surface area (Å²) in [5, 5.41) is 3.54. The normalized spacial score (nSPS) is 14.3. The van der Waals surface area contributed by atoms with Crippen molar-refractivity contribution in [1.29, 1.82) is 0 Å². The molecule has 0 N–H and O–H groups in total. The standard InChI is InChI=1S/C23H19ClN4OS/c24-16-7-8-22(25-15-16)27-9-11-28(12-10-27)23(29)18-14-20(21-6-3-13-30-21)26-19-5-2-1-4-17(18)19/h1-8,13-15H,9-12H2. The second-order valence-corrected chi connectivity index (χ2v) is 8.55. The van der Waals surface area contributed by atoms with Gasteiger partial charge in [-0.2, -0.15) is 0 Å². The van der Waals surface area contributed by atoms with Gasteiger partial charge in [-0.05, 0) is 35.7 Å². The summed E-state index contributed by atoms with van der Waals surface area (Å²) in [6.07, 6.45) is 1.66. The number of piperazine rings is 1. The molecule has 0 bridgehead atoms. The van der Waals surface area contributed by atoms with Crippen LogP contribution in [0.1, 0.15) is 10.4 Å². The third kappa shape index (κ3) is 3.64. The molecule has 150 valence electrons. The van der Waals surface area contributed by atoms with E-state index in [4.69, 9.17) is 16.6 Å². The van der Waals surface area contributed by atoms with Gasteiger partial charge in [-0.15, -0.1) is 11.3 Å². The average Bonchev–Trinajstić information content (AvgIpc) is 3.34. The van der Waals surface area contributed by atoms with E-state index in [-0.39, 0.29) is 5.91 Å². The van der Waals surface area contributed by atoms with Crippen molar-refractivity contribution in [3.63, 3.8) is 0 Å². The van der Waals surface area contributed by atoms with Gasteiger partial charge in [0, 0.05) is 37.8 Å². The van der Waals surface area contributed by atoms with Gasteiger partial charge in [0.2, 0.25) is 0 Å². The maximum Gasteiger partial charge on any atom is 0.254 e. The van der Waals surface area contributed by atoms with Crippen molar-refractivity contribution in [2.24, 2.45) is 0 Å². The van der Waals surface area contributed by atoms with Crippen LogP contribution in [0, 0.1) is 0 Å². The third-order valence-corrected chi connectivity index (χ3v) is 6.44. The lowest BCUT2D eigenvalue weighted by Gasteiger charge is -2.35. The van der Waals surface area contributed by atoms with E-state index < -0.39 is 0 Å². The van der Waals surface area contributed by atoms with Gasteiger partial charge in [0.1, 0.15) is 5.82 Å². The van der Waals surface area contributed by atoms with Crippen molar-refractivity contribution in [2.75, 3.05) is 31.1 Å². The molecule has 7 heteroatoms. The molecular weight excluding hydrogens is 416 g/mol. The minimum atomic E-state index is 0.0510. The monoisotopic (exact) mass is 434 g/mol. The number of thiophene rings is 1. The highest BCUT2D eigenvalue weighted by Crippen LogP contribution is 2.29. The quantitative estimate of drug-likeness (QED) is 0.456. The number of fused-ring (bicyclic) bond motifs is 1. The van der Waals surface area contributed by atoms with Crippen molar-refractivity contribution < 1.29 is 4.79 Å². The van der Waals surface area contributed by atoms with Crippen LogP contribution in [0.15, 0.2) is 66.2 Å². The summed E-state index contributed by atoms with van der Waals surface area (Å²) in [4.78, 5) is 27.8. The van der Waals surface area contributed by atoms with Gasteiger partial charge in [-0.1, -0.05) is 35.9 Å². The molecule has 0 aliphatic carbocycles. The molecule has 1 aliphatic rings. The molecule has 1 fully saturated rings. The fraction of sp³-hybridized carbons (Fsp3) is 0.174. The lowest BCUT2D eigenvalue weighted by molar-refractivity contribution is 0.0748. The van der Waals surface area contributed by atoms with E-state index >= 15 is 0 Å². The van der Waals surface area contributed by atoms with Gasteiger partial charge in [0.15, 0.2) is 0 Å². The SMILES string of the molecule is O=C(c1cc(-c2cccs2)nc2ccccc12)N1CCN(c2ccc(Cl)cn2)CC1. The number of hydrogen-bond acceptors (Lipinski definition) is 5. The van der Waals surface area contributed by atoms with Gasteiger partial charge in [0.05, 0.1) is 26.7 Å². The summed E-state index contributed by atoms with van der Waals surface area (Å²) < 4.78 is 0. The summed E-state index contributed by atoms with van der Waals surface area (Å²) in [5.41, 5.74) is 2.40. The molecule has 4 aromatic rings. The minimum Gasteiger partial charge on any atom is -0.353 e. The first-order valence-corrected chi connectivity index (χ1v) is 11.0. The predicted octanol–water partition coefficient (Wildman–Crippen LogP) is 4.97. The van der Waals surface area contributed by atoms with E-state index in [0.29, 0.717) is 23.7 Å². The topological polar surface area (TPSA) is 49.3 Å². The van der Waals surface area contributed by atoms with E-state index in [1.807, 2.05) is 64.9 Å². The summed E-state index contributed by atoms with van der Waals surface area (Å²) in [5.74, 6) is 0.941. The maximum absolute atomic E-state index is 13.5. The van der Waals surface area contributed by atoms with Crippen LogP contribution in [0.2, 0.25) is 5.02 Å². The molecule has 3 aromatic heterocycles. The number of amides is 1. The Balaban J connectivity index is 1.42. The highest BCUT2D eigenvalue weighted by Gasteiger charge is 2.25. The number of halogens is 1. The first-order chi connectivity index (χ1) is 14.7. The van der Waals surface area contributed by atoms with Gasteiger partial charge in [0.25, 0.3) is 5.91 Å². The number of pyridine rings is 2. The van der Waals surface area contributed by atoms with Crippen LogP contribution in [0.25, 0.3) is 21.5 Å². The summed E-state index contributed by atoms with van der Waals surface area (Å²) in [6.45, 7) is 2.77. The maximum atomic E-state index is 13.5. The Labute approximate surface area is 183 Å². The molecule has 5 nitrogen and oxygen atoms in total. The molecule has 30 heavy (non-hydrogen) atoms. The van der Waals surface area contributed by atoms with Crippen LogP contribution < -0.4 is 4.90 Å². The second kappa shape index (κ2) is 8.05. The van der Waals surface area contributed by atoms with E-state index in [1.165, 1.54) is 0 Å². The molecule has 0 atom stereocenters. The highest BCUT2D eigenvalue weighted by atomic mass is 35.5. The molecular formula is C23H19ClN4OS. The van der Waals surface area contributed by atoms with E-state index in [2.05, 4.69) is 9.88 Å². The first kappa shape index (κ1) is 19.0. The summed E-state index contributed by atoms with van der Waals surface area (Å²) in [6, 6.07) is 17.6. The van der Waals surface area contributed by atoms with E-state index in [1.54, 1.807) is 17.5 Å². The molecule has 1 aliphatic heterocycles. The van der Waals surface area contributed by atoms with Gasteiger partial charge in [-0.3, -0.25) is 4.79 Å². The molecule has 0 unspecified atom stereocenters. The molecule has 1 saturated heterocycles. The number of carbonyl (C=O) groups is 1.